The van der Waals surface area contributed by atoms with Gasteiger partial charge in [0, 0.05) is 16.5 Å². The van der Waals surface area contributed by atoms with Crippen molar-refractivity contribution in [1.82, 2.24) is 0 Å². The van der Waals surface area contributed by atoms with E-state index in [1.54, 1.807) is 0 Å². The fourth-order valence-electron chi connectivity index (χ4n) is 2.72. The van der Waals surface area contributed by atoms with Gasteiger partial charge in [0.15, 0.2) is 0 Å². The first-order valence-electron chi connectivity index (χ1n) is 6.80. The van der Waals surface area contributed by atoms with Crippen molar-refractivity contribution in [1.29, 1.82) is 0 Å². The zero-order valence-electron chi connectivity index (χ0n) is 11.2. The van der Waals surface area contributed by atoms with Gasteiger partial charge in [-0.3, -0.25) is 10.2 Å². The molecule has 3 nitrogen and oxygen atoms in total. The minimum Gasteiger partial charge on any atom is -0.287 e. The monoisotopic (exact) mass is 272 g/mol. The molecule has 0 atom stereocenters. The van der Waals surface area contributed by atoms with E-state index in [9.17, 15) is 4.79 Å². The topological polar surface area (TPSA) is 41.5 Å². The molecule has 0 unspecified atom stereocenters. The number of ketones is 1. The van der Waals surface area contributed by atoms with Crippen LogP contribution in [0, 0.1) is 0 Å². The van der Waals surface area contributed by atoms with E-state index in [1.165, 1.54) is 0 Å². The maximum atomic E-state index is 12.5. The van der Waals surface area contributed by atoms with Gasteiger partial charge in [0.1, 0.15) is 5.71 Å². The summed E-state index contributed by atoms with van der Waals surface area (Å²) in [5.74, 6) is -0.0229. The van der Waals surface area contributed by atoms with Crippen LogP contribution in [-0.4, -0.2) is 11.5 Å². The molecular weight excluding hydrogens is 260 g/mol. The van der Waals surface area contributed by atoms with E-state index in [2.05, 4.69) is 10.5 Å². The molecule has 0 amide bonds. The van der Waals surface area contributed by atoms with E-state index in [0.29, 0.717) is 5.71 Å². The third-order valence-electron chi connectivity index (χ3n) is 3.69. The number of carbonyl (C=O) groups is 1. The van der Waals surface area contributed by atoms with Crippen LogP contribution in [-0.2, 0) is 0 Å². The number of Topliss-reactive ketones (excluding diaryl/α,β-unsaturated/α-hetero) is 1. The standard InChI is InChI=1S/C18H12N2O/c21-18-15-11-5-7-12-6-4-10-14(16(12)15)17(18)20-19-13-8-2-1-3-9-13/h1-11,19H/b20-17+. The predicted octanol–water partition coefficient (Wildman–Crippen LogP) is 3.85. The first-order valence-corrected chi connectivity index (χ1v) is 6.80. The third kappa shape index (κ3) is 1.82. The largest absolute Gasteiger partial charge is 0.287 e. The van der Waals surface area contributed by atoms with Crippen molar-refractivity contribution in [3.63, 3.8) is 0 Å². The van der Waals surface area contributed by atoms with Gasteiger partial charge in [0.25, 0.3) is 0 Å². The minimum atomic E-state index is -0.0229. The van der Waals surface area contributed by atoms with Crippen molar-refractivity contribution < 1.29 is 4.79 Å². The summed E-state index contributed by atoms with van der Waals surface area (Å²) in [4.78, 5) is 12.5. The molecule has 0 radical (unpaired) electrons. The van der Waals surface area contributed by atoms with Crippen LogP contribution in [0.4, 0.5) is 5.69 Å². The molecule has 1 aliphatic carbocycles. The third-order valence-corrected chi connectivity index (χ3v) is 3.69. The molecule has 0 saturated carbocycles. The Morgan fingerprint density at radius 1 is 0.762 bits per heavy atom. The summed E-state index contributed by atoms with van der Waals surface area (Å²) in [6.45, 7) is 0. The molecule has 21 heavy (non-hydrogen) atoms. The summed E-state index contributed by atoms with van der Waals surface area (Å²) in [6.07, 6.45) is 0. The van der Waals surface area contributed by atoms with Crippen molar-refractivity contribution in [2.24, 2.45) is 5.10 Å². The van der Waals surface area contributed by atoms with Crippen molar-refractivity contribution in [2.75, 3.05) is 5.43 Å². The molecule has 3 aromatic carbocycles. The summed E-state index contributed by atoms with van der Waals surface area (Å²) in [5, 5.41) is 6.40. The van der Waals surface area contributed by atoms with E-state index in [1.807, 2.05) is 66.7 Å². The Hall–Kier alpha value is -2.94. The molecule has 0 saturated heterocycles. The molecule has 3 heteroatoms. The van der Waals surface area contributed by atoms with Crippen LogP contribution in [0.15, 0.2) is 71.8 Å². The highest BCUT2D eigenvalue weighted by Gasteiger charge is 2.28. The maximum Gasteiger partial charge on any atom is 0.214 e. The van der Waals surface area contributed by atoms with E-state index in [4.69, 9.17) is 0 Å². The summed E-state index contributed by atoms with van der Waals surface area (Å²) in [5.41, 5.74) is 5.93. The molecule has 0 spiro atoms. The van der Waals surface area contributed by atoms with Crippen LogP contribution in [0.1, 0.15) is 15.9 Å². The second-order valence-corrected chi connectivity index (χ2v) is 4.98. The first-order chi connectivity index (χ1) is 10.3. The average molecular weight is 272 g/mol. The quantitative estimate of drug-likeness (QED) is 0.720. The van der Waals surface area contributed by atoms with Crippen LogP contribution in [0.25, 0.3) is 10.8 Å². The number of hydrazone groups is 1. The number of nitrogens with zero attached hydrogens (tertiary/aromatic N) is 1. The van der Waals surface area contributed by atoms with E-state index in [0.717, 1.165) is 27.6 Å². The second kappa shape index (κ2) is 4.56. The van der Waals surface area contributed by atoms with Crippen LogP contribution < -0.4 is 5.43 Å². The fourth-order valence-corrected chi connectivity index (χ4v) is 2.72. The number of hydrogen-bond donors (Lipinski definition) is 1. The fraction of sp³-hybridized carbons (Fsp3) is 0. The molecule has 1 aliphatic rings. The first kappa shape index (κ1) is 11.9. The van der Waals surface area contributed by atoms with E-state index >= 15 is 0 Å². The van der Waals surface area contributed by atoms with Gasteiger partial charge in [-0.25, -0.2) is 0 Å². The Morgan fingerprint density at radius 2 is 1.48 bits per heavy atom. The normalized spacial score (nSPS) is 14.9. The number of benzene rings is 3. The number of anilines is 1. The SMILES string of the molecule is O=C1/C(=N/Nc2ccccc2)c2cccc3cccc1c23. The lowest BCUT2D eigenvalue weighted by molar-refractivity contribution is 0.107. The van der Waals surface area contributed by atoms with Gasteiger partial charge in [-0.2, -0.15) is 5.10 Å². The minimum absolute atomic E-state index is 0.0229. The molecule has 0 bridgehead atoms. The van der Waals surface area contributed by atoms with E-state index < -0.39 is 0 Å². The second-order valence-electron chi connectivity index (χ2n) is 4.98. The van der Waals surface area contributed by atoms with Crippen molar-refractivity contribution >= 4 is 28.0 Å². The highest BCUT2D eigenvalue weighted by Crippen LogP contribution is 2.31. The predicted molar refractivity (Wildman–Crippen MR) is 84.9 cm³/mol. The Kier molecular flexibility index (Phi) is 2.57. The van der Waals surface area contributed by atoms with Crippen LogP contribution in [0.5, 0.6) is 0 Å². The molecule has 0 fully saturated rings. The van der Waals surface area contributed by atoms with Crippen LogP contribution in [0.3, 0.4) is 0 Å². The zero-order valence-corrected chi connectivity index (χ0v) is 11.2. The number of hydrogen-bond acceptors (Lipinski definition) is 3. The van der Waals surface area contributed by atoms with Crippen LogP contribution >= 0.6 is 0 Å². The highest BCUT2D eigenvalue weighted by molar-refractivity contribution is 6.59. The number of nitrogens with one attached hydrogen (secondary N) is 1. The number of para-hydroxylation sites is 1. The Labute approximate surface area is 121 Å². The molecule has 0 aliphatic heterocycles. The van der Waals surface area contributed by atoms with Crippen LogP contribution in [0.2, 0.25) is 0 Å². The Bertz CT molecular complexity index is 877. The Morgan fingerprint density at radius 3 is 2.24 bits per heavy atom. The van der Waals surface area contributed by atoms with Crippen molar-refractivity contribution in [3.8, 4) is 0 Å². The molecule has 1 N–H and O–H groups in total. The lowest BCUT2D eigenvalue weighted by Gasteiger charge is -2.02. The molecule has 3 aromatic rings. The molecular formula is C18H12N2O. The van der Waals surface area contributed by atoms with Gasteiger partial charge in [-0.15, -0.1) is 0 Å². The molecule has 100 valence electrons. The smallest absolute Gasteiger partial charge is 0.214 e. The maximum absolute atomic E-state index is 12.5. The molecule has 0 aromatic heterocycles. The number of rotatable bonds is 2. The van der Waals surface area contributed by atoms with E-state index in [-0.39, 0.29) is 5.78 Å². The van der Waals surface area contributed by atoms with Gasteiger partial charge in [0.05, 0.1) is 5.69 Å². The lowest BCUT2D eigenvalue weighted by Crippen LogP contribution is -2.11. The van der Waals surface area contributed by atoms with Crippen molar-refractivity contribution in [3.05, 3.63) is 77.9 Å². The van der Waals surface area contributed by atoms with Gasteiger partial charge in [-0.05, 0) is 17.5 Å². The average Bonchev–Trinajstić information content (AvgIpc) is 2.81. The lowest BCUT2D eigenvalue weighted by atomic mass is 10.1. The van der Waals surface area contributed by atoms with Gasteiger partial charge in [0.2, 0.25) is 5.78 Å². The number of carbonyl (C=O) groups excluding carboxylic acids is 1. The van der Waals surface area contributed by atoms with Crippen molar-refractivity contribution in [2.45, 2.75) is 0 Å². The summed E-state index contributed by atoms with van der Waals surface area (Å²) in [6, 6.07) is 21.3. The Balaban J connectivity index is 1.82. The zero-order chi connectivity index (χ0) is 14.2. The molecule has 0 heterocycles. The highest BCUT2D eigenvalue weighted by atomic mass is 16.1. The summed E-state index contributed by atoms with van der Waals surface area (Å²) >= 11 is 0. The molecule has 4 rings (SSSR count). The van der Waals surface area contributed by atoms with Gasteiger partial charge >= 0.3 is 0 Å². The van der Waals surface area contributed by atoms with Gasteiger partial charge < -0.3 is 0 Å². The van der Waals surface area contributed by atoms with Gasteiger partial charge in [-0.1, -0.05) is 54.6 Å². The summed E-state index contributed by atoms with van der Waals surface area (Å²) < 4.78 is 0. The summed E-state index contributed by atoms with van der Waals surface area (Å²) in [7, 11) is 0.